The molecule has 0 aromatic carbocycles. The zero-order valence-electron chi connectivity index (χ0n) is 15.0. The summed E-state index contributed by atoms with van der Waals surface area (Å²) in [4.78, 5) is 19.8. The first-order chi connectivity index (χ1) is 12.8. The van der Waals surface area contributed by atoms with Crippen LogP contribution < -0.4 is 10.5 Å². The summed E-state index contributed by atoms with van der Waals surface area (Å²) in [5.74, 6) is 0.678. The highest BCUT2D eigenvalue weighted by Crippen LogP contribution is 2.39. The second-order valence-corrected chi connectivity index (χ2v) is 7.48. The van der Waals surface area contributed by atoms with Crippen LogP contribution in [0.4, 0.5) is 19.0 Å². The minimum Gasteiger partial charge on any atom is -0.355 e. The van der Waals surface area contributed by atoms with Crippen LogP contribution >= 0.6 is 0 Å². The molecule has 2 aliphatic heterocycles. The molecule has 4 rings (SSSR count). The molecule has 2 fully saturated rings. The number of hydrogen-bond acceptors (Lipinski definition) is 4. The maximum atomic E-state index is 13.3. The molecule has 2 saturated heterocycles. The largest absolute Gasteiger partial charge is 0.419 e. The first-order valence-electron chi connectivity index (χ1n) is 8.96. The van der Waals surface area contributed by atoms with E-state index in [1.165, 1.54) is 16.8 Å². The van der Waals surface area contributed by atoms with Crippen LogP contribution in [-0.4, -0.2) is 40.6 Å². The van der Waals surface area contributed by atoms with Gasteiger partial charge in [0.15, 0.2) is 0 Å². The Bertz CT molecular complexity index is 881. The van der Waals surface area contributed by atoms with E-state index in [9.17, 15) is 18.0 Å². The molecular weight excluding hydrogens is 357 g/mol. The molecule has 8 heteroatoms. The minimum atomic E-state index is -4.40. The van der Waals surface area contributed by atoms with Crippen molar-refractivity contribution in [3.63, 3.8) is 0 Å². The molecule has 0 aliphatic carbocycles. The van der Waals surface area contributed by atoms with Gasteiger partial charge in [0, 0.05) is 58.2 Å². The highest BCUT2D eigenvalue weighted by Gasteiger charge is 2.43. The quantitative estimate of drug-likeness (QED) is 0.822. The third kappa shape index (κ3) is 3.58. The lowest BCUT2D eigenvalue weighted by Gasteiger charge is -2.24. The Balaban J connectivity index is 1.43. The van der Waals surface area contributed by atoms with Crippen molar-refractivity contribution >= 4 is 5.82 Å². The van der Waals surface area contributed by atoms with Crippen LogP contribution in [0.3, 0.4) is 0 Å². The number of halogens is 3. The maximum Gasteiger partial charge on any atom is 0.419 e. The highest BCUT2D eigenvalue weighted by molar-refractivity contribution is 5.49. The zero-order chi connectivity index (χ0) is 19.2. The molecular formula is C19H21F3N4O. The van der Waals surface area contributed by atoms with Crippen LogP contribution in [0, 0.1) is 11.8 Å². The van der Waals surface area contributed by atoms with Gasteiger partial charge in [0.05, 0.1) is 5.56 Å². The number of hydrogen-bond donors (Lipinski definition) is 0. The molecule has 2 atom stereocenters. The molecule has 2 aromatic heterocycles. The molecule has 0 radical (unpaired) electrons. The number of alkyl halides is 3. The lowest BCUT2D eigenvalue weighted by Crippen LogP contribution is -2.30. The molecule has 5 nitrogen and oxygen atoms in total. The second-order valence-electron chi connectivity index (χ2n) is 7.48. The molecule has 2 aliphatic rings. The lowest BCUT2D eigenvalue weighted by atomic mass is 10.0. The van der Waals surface area contributed by atoms with Crippen molar-refractivity contribution < 1.29 is 13.2 Å². The molecule has 0 amide bonds. The second kappa shape index (κ2) is 6.67. The molecule has 2 aromatic rings. The average molecular weight is 378 g/mol. The number of aromatic nitrogens is 2. The van der Waals surface area contributed by atoms with E-state index in [1.54, 1.807) is 24.2 Å². The van der Waals surface area contributed by atoms with Crippen LogP contribution in [0.2, 0.25) is 0 Å². The summed E-state index contributed by atoms with van der Waals surface area (Å²) in [7, 11) is 1.72. The van der Waals surface area contributed by atoms with Gasteiger partial charge in [0.2, 0.25) is 0 Å². The summed E-state index contributed by atoms with van der Waals surface area (Å²) in [6.07, 6.45) is -1.22. The number of fused-ring (bicyclic) bond motifs is 1. The summed E-state index contributed by atoms with van der Waals surface area (Å²) in [5, 5.41) is 0. The molecule has 0 N–H and O–H groups in total. The SMILES string of the molecule is Cn1ccc(CN2CC3CN(c4ncccc4C(F)(F)F)CC3C2)cc1=O. The summed E-state index contributed by atoms with van der Waals surface area (Å²) in [5.41, 5.74) is 0.272. The van der Waals surface area contributed by atoms with Crippen molar-refractivity contribution in [2.75, 3.05) is 31.1 Å². The number of aryl methyl sites for hydroxylation is 1. The maximum absolute atomic E-state index is 13.3. The van der Waals surface area contributed by atoms with Gasteiger partial charge >= 0.3 is 6.18 Å². The van der Waals surface area contributed by atoms with Crippen LogP contribution in [-0.2, 0) is 19.8 Å². The standard InChI is InChI=1S/C19H21F3N4O/c1-24-6-4-13(7-17(24)27)8-25-9-14-11-26(12-15(14)10-25)18-16(19(20,21)22)3-2-5-23-18/h2-7,14-15H,8-12H2,1H3. The molecule has 27 heavy (non-hydrogen) atoms. The van der Waals surface area contributed by atoms with Crippen LogP contribution in [0.15, 0.2) is 41.5 Å². The molecule has 0 saturated carbocycles. The Labute approximate surface area is 155 Å². The zero-order valence-corrected chi connectivity index (χ0v) is 15.0. The third-order valence-corrected chi connectivity index (χ3v) is 5.53. The van der Waals surface area contributed by atoms with Crippen molar-refractivity contribution in [3.8, 4) is 0 Å². The molecule has 2 unspecified atom stereocenters. The van der Waals surface area contributed by atoms with Gasteiger partial charge in [-0.2, -0.15) is 13.2 Å². The Morgan fingerprint density at radius 1 is 1.15 bits per heavy atom. The monoisotopic (exact) mass is 378 g/mol. The van der Waals surface area contributed by atoms with E-state index in [0.717, 1.165) is 24.7 Å². The fourth-order valence-electron chi connectivity index (χ4n) is 4.21. The summed E-state index contributed by atoms with van der Waals surface area (Å²) < 4.78 is 41.3. The van der Waals surface area contributed by atoms with Gasteiger partial charge in [-0.25, -0.2) is 4.98 Å². The van der Waals surface area contributed by atoms with E-state index >= 15 is 0 Å². The van der Waals surface area contributed by atoms with Gasteiger partial charge in [-0.15, -0.1) is 0 Å². The number of anilines is 1. The normalized spacial score (nSPS) is 23.0. The van der Waals surface area contributed by atoms with E-state index in [4.69, 9.17) is 0 Å². The topological polar surface area (TPSA) is 41.4 Å². The molecule has 0 bridgehead atoms. The Hall–Kier alpha value is -2.35. The summed E-state index contributed by atoms with van der Waals surface area (Å²) in [6.45, 7) is 3.51. The molecule has 0 spiro atoms. The van der Waals surface area contributed by atoms with E-state index in [-0.39, 0.29) is 11.4 Å². The molecule has 4 heterocycles. The van der Waals surface area contributed by atoms with Crippen molar-refractivity contribution in [3.05, 3.63) is 58.1 Å². The number of likely N-dealkylation sites (tertiary alicyclic amines) is 1. The van der Waals surface area contributed by atoms with Crippen LogP contribution in [0.1, 0.15) is 11.1 Å². The highest BCUT2D eigenvalue weighted by atomic mass is 19.4. The van der Waals surface area contributed by atoms with Gasteiger partial charge < -0.3 is 9.47 Å². The van der Waals surface area contributed by atoms with Crippen molar-refractivity contribution in [2.24, 2.45) is 18.9 Å². The fourth-order valence-corrected chi connectivity index (χ4v) is 4.21. The lowest BCUT2D eigenvalue weighted by molar-refractivity contribution is -0.137. The van der Waals surface area contributed by atoms with Crippen molar-refractivity contribution in [2.45, 2.75) is 12.7 Å². The smallest absolute Gasteiger partial charge is 0.355 e. The fraction of sp³-hybridized carbons (Fsp3) is 0.474. The first-order valence-corrected chi connectivity index (χ1v) is 8.96. The van der Waals surface area contributed by atoms with Gasteiger partial charge in [-0.1, -0.05) is 0 Å². The number of nitrogens with zero attached hydrogens (tertiary/aromatic N) is 4. The van der Waals surface area contributed by atoms with Gasteiger partial charge in [-0.3, -0.25) is 9.69 Å². The predicted octanol–water partition coefficient (Wildman–Crippen LogP) is 2.37. The predicted molar refractivity (Wildman–Crippen MR) is 95.4 cm³/mol. The number of rotatable bonds is 3. The number of pyridine rings is 2. The van der Waals surface area contributed by atoms with E-state index in [2.05, 4.69) is 9.88 Å². The molecule has 144 valence electrons. The summed E-state index contributed by atoms with van der Waals surface area (Å²) >= 11 is 0. The van der Waals surface area contributed by atoms with E-state index in [1.807, 2.05) is 6.07 Å². The average Bonchev–Trinajstić information content (AvgIpc) is 3.16. The first kappa shape index (κ1) is 18.0. The van der Waals surface area contributed by atoms with E-state index in [0.29, 0.717) is 31.5 Å². The van der Waals surface area contributed by atoms with Gasteiger partial charge in [0.1, 0.15) is 5.82 Å². The Kier molecular flexibility index (Phi) is 4.46. The van der Waals surface area contributed by atoms with Crippen LogP contribution in [0.25, 0.3) is 0 Å². The van der Waals surface area contributed by atoms with Gasteiger partial charge in [-0.05, 0) is 35.6 Å². The third-order valence-electron chi connectivity index (χ3n) is 5.53. The van der Waals surface area contributed by atoms with Gasteiger partial charge in [0.25, 0.3) is 5.56 Å². The Morgan fingerprint density at radius 3 is 2.48 bits per heavy atom. The van der Waals surface area contributed by atoms with Crippen molar-refractivity contribution in [1.29, 1.82) is 0 Å². The van der Waals surface area contributed by atoms with Crippen LogP contribution in [0.5, 0.6) is 0 Å². The Morgan fingerprint density at radius 2 is 1.85 bits per heavy atom. The van der Waals surface area contributed by atoms with Crippen molar-refractivity contribution in [1.82, 2.24) is 14.5 Å². The van der Waals surface area contributed by atoms with E-state index < -0.39 is 11.7 Å². The summed E-state index contributed by atoms with van der Waals surface area (Å²) in [6, 6.07) is 6.00. The minimum absolute atomic E-state index is 0.0344.